The molecule has 0 bridgehead atoms. The molecule has 0 aromatic carbocycles. The van der Waals surface area contributed by atoms with Gasteiger partial charge in [-0.25, -0.2) is 4.98 Å². The zero-order valence-electron chi connectivity index (χ0n) is 12.5. The number of nitrogens with zero attached hydrogens (tertiary/aromatic N) is 4. The molecule has 0 aliphatic carbocycles. The van der Waals surface area contributed by atoms with Crippen LogP contribution in [0.5, 0.6) is 0 Å². The molecule has 0 radical (unpaired) electrons. The Kier molecular flexibility index (Phi) is 4.69. The molecule has 1 aromatic rings. The zero-order chi connectivity index (χ0) is 13.8. The smallest absolute Gasteiger partial charge is 0.245 e. The summed E-state index contributed by atoms with van der Waals surface area (Å²) in [6.07, 6.45) is 2.51. The van der Waals surface area contributed by atoms with Crippen molar-refractivity contribution in [2.75, 3.05) is 24.5 Å². The summed E-state index contributed by atoms with van der Waals surface area (Å²) in [6, 6.07) is 0.559. The third-order valence-corrected chi connectivity index (χ3v) is 3.55. The van der Waals surface area contributed by atoms with E-state index in [9.17, 15) is 0 Å². The molecule has 5 nitrogen and oxygen atoms in total. The van der Waals surface area contributed by atoms with Crippen molar-refractivity contribution in [1.29, 1.82) is 0 Å². The Bertz CT molecular complexity index is 412. The lowest BCUT2D eigenvalue weighted by atomic mass is 10.1. The second-order valence-electron chi connectivity index (χ2n) is 5.87. The quantitative estimate of drug-likeness (QED) is 0.876. The van der Waals surface area contributed by atoms with E-state index in [4.69, 9.17) is 0 Å². The van der Waals surface area contributed by atoms with E-state index in [0.717, 1.165) is 37.0 Å². The second kappa shape index (κ2) is 6.28. The lowest BCUT2D eigenvalue weighted by Gasteiger charge is -2.27. The lowest BCUT2D eigenvalue weighted by molar-refractivity contribution is 0.530. The van der Waals surface area contributed by atoms with Gasteiger partial charge in [0.1, 0.15) is 0 Å². The second-order valence-corrected chi connectivity index (χ2v) is 5.87. The molecule has 0 amide bonds. The van der Waals surface area contributed by atoms with Crippen molar-refractivity contribution in [3.8, 4) is 0 Å². The summed E-state index contributed by atoms with van der Waals surface area (Å²) in [5, 5.41) is 12.0. The summed E-state index contributed by atoms with van der Waals surface area (Å²) >= 11 is 0. The van der Waals surface area contributed by atoms with Crippen LogP contribution in [0.3, 0.4) is 0 Å². The van der Waals surface area contributed by atoms with Gasteiger partial charge in [-0.15, -0.1) is 5.10 Å². The van der Waals surface area contributed by atoms with Crippen molar-refractivity contribution in [2.45, 2.75) is 46.6 Å². The van der Waals surface area contributed by atoms with Gasteiger partial charge in [0.25, 0.3) is 0 Å². The van der Waals surface area contributed by atoms with Gasteiger partial charge in [-0.3, -0.25) is 0 Å². The maximum atomic E-state index is 4.59. The first-order valence-electron chi connectivity index (χ1n) is 7.22. The molecule has 2 heterocycles. The van der Waals surface area contributed by atoms with Crippen molar-refractivity contribution in [3.63, 3.8) is 0 Å². The third kappa shape index (κ3) is 3.86. The Balaban J connectivity index is 2.12. The molecule has 1 unspecified atom stereocenters. The zero-order valence-corrected chi connectivity index (χ0v) is 12.5. The van der Waals surface area contributed by atoms with Crippen LogP contribution < -0.4 is 10.2 Å². The first kappa shape index (κ1) is 14.2. The van der Waals surface area contributed by atoms with Crippen molar-refractivity contribution in [2.24, 2.45) is 5.92 Å². The number of hydrogen-bond acceptors (Lipinski definition) is 5. The molecule has 1 fully saturated rings. The Morgan fingerprint density at radius 3 is 2.63 bits per heavy atom. The highest BCUT2D eigenvalue weighted by molar-refractivity contribution is 5.30. The summed E-state index contributed by atoms with van der Waals surface area (Å²) in [5.41, 5.74) is 1.88. The predicted octanol–water partition coefficient (Wildman–Crippen LogP) is 1.70. The third-order valence-electron chi connectivity index (χ3n) is 3.55. The first-order chi connectivity index (χ1) is 9.06. The summed E-state index contributed by atoms with van der Waals surface area (Å²) in [7, 11) is 0. The van der Waals surface area contributed by atoms with Crippen LogP contribution in [-0.2, 0) is 0 Å². The monoisotopic (exact) mass is 263 g/mol. The number of anilines is 1. The largest absolute Gasteiger partial charge is 0.338 e. The fourth-order valence-electron chi connectivity index (χ4n) is 2.44. The van der Waals surface area contributed by atoms with Gasteiger partial charge in [-0.1, -0.05) is 13.8 Å². The Morgan fingerprint density at radius 1 is 1.26 bits per heavy atom. The van der Waals surface area contributed by atoms with Crippen LogP contribution in [0.15, 0.2) is 0 Å². The highest BCUT2D eigenvalue weighted by Gasteiger charge is 2.21. The lowest BCUT2D eigenvalue weighted by Crippen LogP contribution is -2.40. The highest BCUT2D eigenvalue weighted by atomic mass is 15.3. The van der Waals surface area contributed by atoms with Gasteiger partial charge >= 0.3 is 0 Å². The predicted molar refractivity (Wildman–Crippen MR) is 77.4 cm³/mol. The maximum Gasteiger partial charge on any atom is 0.245 e. The average molecular weight is 263 g/mol. The van der Waals surface area contributed by atoms with Gasteiger partial charge in [-0.2, -0.15) is 5.10 Å². The highest BCUT2D eigenvalue weighted by Crippen LogP contribution is 2.14. The van der Waals surface area contributed by atoms with Gasteiger partial charge in [0, 0.05) is 19.1 Å². The maximum absolute atomic E-state index is 4.59. The van der Waals surface area contributed by atoms with Crippen LogP contribution in [0.4, 0.5) is 5.95 Å². The Hall–Kier alpha value is -1.23. The van der Waals surface area contributed by atoms with E-state index in [0.29, 0.717) is 12.0 Å². The molecule has 1 aromatic heterocycles. The van der Waals surface area contributed by atoms with E-state index in [1.165, 1.54) is 12.8 Å². The minimum Gasteiger partial charge on any atom is -0.338 e. The van der Waals surface area contributed by atoms with Gasteiger partial charge in [0.05, 0.1) is 11.4 Å². The first-order valence-corrected chi connectivity index (χ1v) is 7.22. The van der Waals surface area contributed by atoms with E-state index in [2.05, 4.69) is 39.2 Å². The molecule has 1 N–H and O–H groups in total. The van der Waals surface area contributed by atoms with Crippen molar-refractivity contribution < 1.29 is 0 Å². The molecule has 1 atom stereocenters. The van der Waals surface area contributed by atoms with Crippen LogP contribution in [0, 0.1) is 19.8 Å². The Morgan fingerprint density at radius 2 is 2.05 bits per heavy atom. The summed E-state index contributed by atoms with van der Waals surface area (Å²) in [6.45, 7) is 11.5. The summed E-state index contributed by atoms with van der Waals surface area (Å²) in [5.74, 6) is 1.36. The molecule has 106 valence electrons. The number of aryl methyl sites for hydroxylation is 2. The van der Waals surface area contributed by atoms with Crippen LogP contribution in [0.2, 0.25) is 0 Å². The van der Waals surface area contributed by atoms with E-state index in [1.807, 2.05) is 13.8 Å². The van der Waals surface area contributed by atoms with E-state index in [1.54, 1.807) is 0 Å². The van der Waals surface area contributed by atoms with Crippen LogP contribution in [-0.4, -0.2) is 40.9 Å². The molecule has 0 saturated carbocycles. The number of aromatic nitrogens is 3. The van der Waals surface area contributed by atoms with E-state index >= 15 is 0 Å². The van der Waals surface area contributed by atoms with Gasteiger partial charge < -0.3 is 10.2 Å². The van der Waals surface area contributed by atoms with Crippen molar-refractivity contribution in [1.82, 2.24) is 20.5 Å². The average Bonchev–Trinajstić information content (AvgIpc) is 2.84. The molecule has 1 saturated heterocycles. The van der Waals surface area contributed by atoms with Gasteiger partial charge in [0.2, 0.25) is 5.95 Å². The summed E-state index contributed by atoms with van der Waals surface area (Å²) in [4.78, 5) is 6.86. The van der Waals surface area contributed by atoms with Gasteiger partial charge in [0.15, 0.2) is 0 Å². The minimum absolute atomic E-state index is 0.559. The molecule has 0 spiro atoms. The fourth-order valence-corrected chi connectivity index (χ4v) is 2.44. The van der Waals surface area contributed by atoms with E-state index in [-0.39, 0.29) is 0 Å². The molecule has 19 heavy (non-hydrogen) atoms. The topological polar surface area (TPSA) is 53.9 Å². The minimum atomic E-state index is 0.559. The van der Waals surface area contributed by atoms with Crippen LogP contribution >= 0.6 is 0 Å². The molecule has 5 heteroatoms. The van der Waals surface area contributed by atoms with Crippen molar-refractivity contribution >= 4 is 5.95 Å². The van der Waals surface area contributed by atoms with Gasteiger partial charge in [-0.05, 0) is 39.2 Å². The molecular weight excluding hydrogens is 238 g/mol. The van der Waals surface area contributed by atoms with E-state index < -0.39 is 0 Å². The SMILES string of the molecule is Cc1nnc(N(CC(C)C)CC2CCCN2)nc1C. The standard InChI is InChI=1S/C14H25N5/c1-10(2)8-19(9-13-6-5-7-15-13)14-16-11(3)12(4)17-18-14/h10,13,15H,5-9H2,1-4H3. The Labute approximate surface area is 115 Å². The molecular formula is C14H25N5. The molecule has 1 aliphatic rings. The molecule has 2 rings (SSSR count). The van der Waals surface area contributed by atoms with Crippen LogP contribution in [0.25, 0.3) is 0 Å². The van der Waals surface area contributed by atoms with Crippen LogP contribution in [0.1, 0.15) is 38.1 Å². The molecule has 1 aliphatic heterocycles. The normalized spacial score (nSPS) is 19.1. The fraction of sp³-hybridized carbons (Fsp3) is 0.786. The summed E-state index contributed by atoms with van der Waals surface area (Å²) < 4.78 is 0. The number of hydrogen-bond donors (Lipinski definition) is 1. The van der Waals surface area contributed by atoms with Crippen molar-refractivity contribution in [3.05, 3.63) is 11.4 Å². The number of nitrogens with one attached hydrogen (secondary N) is 1. The number of rotatable bonds is 5.